The van der Waals surface area contributed by atoms with Crippen LogP contribution in [0.1, 0.15) is 18.2 Å². The Hall–Kier alpha value is -2.95. The molecule has 1 fully saturated rings. The van der Waals surface area contributed by atoms with Crippen LogP contribution in [0.15, 0.2) is 46.2 Å². The second kappa shape index (κ2) is 6.65. The minimum Gasteiger partial charge on any atom is -0.394 e. The van der Waals surface area contributed by atoms with Crippen molar-refractivity contribution in [3.8, 4) is 0 Å². The monoisotopic (exact) mass is 373 g/mol. The zero-order valence-corrected chi connectivity index (χ0v) is 14.3. The number of aromatic nitrogens is 4. The molecule has 1 saturated heterocycles. The van der Waals surface area contributed by atoms with Crippen molar-refractivity contribution in [1.82, 2.24) is 18.8 Å². The van der Waals surface area contributed by atoms with Crippen molar-refractivity contribution in [1.29, 1.82) is 0 Å². The number of hydrogen-bond donors (Lipinski definition) is 3. The Morgan fingerprint density at radius 2 is 2.00 bits per heavy atom. The Morgan fingerprint density at radius 3 is 2.67 bits per heavy atom. The summed E-state index contributed by atoms with van der Waals surface area (Å²) in [6.45, 7) is -0.148. The standard InChI is InChI=1S/C17H19N5O5/c18-21-9-19-14-13(15(21)25)20(7-10-4-2-1-3-5-10)17(26)22(14)16-12(24)6-11(8-23)27-16/h1-5,9,11-12,16,23-24H,6-8,18H2/t11-,12+,16+/m0/s1. The lowest BCUT2D eigenvalue weighted by Gasteiger charge is -2.15. The smallest absolute Gasteiger partial charge is 0.333 e. The molecule has 0 radical (unpaired) electrons. The molecule has 3 atom stereocenters. The van der Waals surface area contributed by atoms with Crippen molar-refractivity contribution in [2.75, 3.05) is 12.4 Å². The molecular formula is C17H19N5O5. The molecule has 0 aliphatic carbocycles. The van der Waals surface area contributed by atoms with Crippen LogP contribution in [0, 0.1) is 0 Å². The van der Waals surface area contributed by atoms with E-state index >= 15 is 0 Å². The van der Waals surface area contributed by atoms with E-state index in [1.165, 1.54) is 4.57 Å². The van der Waals surface area contributed by atoms with Crippen LogP contribution in [0.3, 0.4) is 0 Å². The normalized spacial score (nSPS) is 22.5. The third-order valence-corrected chi connectivity index (χ3v) is 4.70. The molecule has 2 aromatic heterocycles. The summed E-state index contributed by atoms with van der Waals surface area (Å²) < 4.78 is 8.83. The summed E-state index contributed by atoms with van der Waals surface area (Å²) in [6, 6.07) is 9.16. The zero-order valence-electron chi connectivity index (χ0n) is 14.3. The Labute approximate surface area is 152 Å². The van der Waals surface area contributed by atoms with Crippen molar-refractivity contribution in [3.63, 3.8) is 0 Å². The van der Waals surface area contributed by atoms with Crippen molar-refractivity contribution in [2.24, 2.45) is 0 Å². The number of ether oxygens (including phenoxy) is 1. The van der Waals surface area contributed by atoms with E-state index < -0.39 is 29.7 Å². The fraction of sp³-hybridized carbons (Fsp3) is 0.353. The highest BCUT2D eigenvalue weighted by Gasteiger charge is 2.38. The van der Waals surface area contributed by atoms with Gasteiger partial charge in [-0.2, -0.15) is 0 Å². The van der Waals surface area contributed by atoms with E-state index in [1.807, 2.05) is 30.3 Å². The van der Waals surface area contributed by atoms with Gasteiger partial charge >= 0.3 is 5.69 Å². The number of nitrogens with zero attached hydrogens (tertiary/aromatic N) is 4. The Balaban J connectivity index is 1.93. The number of rotatable bonds is 4. The van der Waals surface area contributed by atoms with Gasteiger partial charge in [-0.3, -0.25) is 9.36 Å². The molecule has 0 bridgehead atoms. The van der Waals surface area contributed by atoms with E-state index in [-0.39, 0.29) is 30.7 Å². The first-order chi connectivity index (χ1) is 13.0. The van der Waals surface area contributed by atoms with E-state index in [1.54, 1.807) is 0 Å². The maximum atomic E-state index is 13.1. The van der Waals surface area contributed by atoms with E-state index in [0.29, 0.717) is 0 Å². The average Bonchev–Trinajstić information content (AvgIpc) is 3.17. The summed E-state index contributed by atoms with van der Waals surface area (Å²) in [5.74, 6) is 5.64. The molecule has 0 saturated carbocycles. The number of aliphatic hydroxyl groups is 2. The SMILES string of the molecule is Nn1cnc2c(c1=O)n(Cc1ccccc1)c(=O)n2[C@@H]1O[C@H](CO)C[C@H]1O. The van der Waals surface area contributed by atoms with Crippen LogP contribution in [-0.4, -0.2) is 47.8 Å². The van der Waals surface area contributed by atoms with Gasteiger partial charge in [-0.05, 0) is 5.56 Å². The lowest BCUT2D eigenvalue weighted by atomic mass is 10.2. The minimum absolute atomic E-state index is 0.0251. The number of hydrogen-bond acceptors (Lipinski definition) is 7. The molecule has 1 aliphatic rings. The van der Waals surface area contributed by atoms with Crippen LogP contribution in [0.2, 0.25) is 0 Å². The molecule has 0 spiro atoms. The summed E-state index contributed by atoms with van der Waals surface area (Å²) in [5.41, 5.74) is -0.223. The second-order valence-corrected chi connectivity index (χ2v) is 6.49. The second-order valence-electron chi connectivity index (χ2n) is 6.49. The van der Waals surface area contributed by atoms with Crippen LogP contribution < -0.4 is 17.1 Å². The Kier molecular flexibility index (Phi) is 4.30. The van der Waals surface area contributed by atoms with Gasteiger partial charge in [-0.15, -0.1) is 0 Å². The lowest BCUT2D eigenvalue weighted by Crippen LogP contribution is -2.32. The number of aliphatic hydroxyl groups excluding tert-OH is 2. The van der Waals surface area contributed by atoms with Crippen LogP contribution in [0.5, 0.6) is 0 Å². The maximum Gasteiger partial charge on any atom is 0.333 e. The van der Waals surface area contributed by atoms with Gasteiger partial charge in [0.2, 0.25) is 0 Å². The predicted octanol–water partition coefficient (Wildman–Crippen LogP) is -1.24. The highest BCUT2D eigenvalue weighted by Crippen LogP contribution is 2.29. The largest absolute Gasteiger partial charge is 0.394 e. The van der Waals surface area contributed by atoms with Gasteiger partial charge in [0.15, 0.2) is 17.4 Å². The van der Waals surface area contributed by atoms with Crippen molar-refractivity contribution >= 4 is 11.2 Å². The average molecular weight is 373 g/mol. The van der Waals surface area contributed by atoms with Gasteiger partial charge in [-0.25, -0.2) is 19.0 Å². The van der Waals surface area contributed by atoms with E-state index in [0.717, 1.165) is 21.1 Å². The molecule has 10 nitrogen and oxygen atoms in total. The predicted molar refractivity (Wildman–Crippen MR) is 95.6 cm³/mol. The fourth-order valence-electron chi connectivity index (χ4n) is 3.40. The third-order valence-electron chi connectivity index (χ3n) is 4.70. The first kappa shape index (κ1) is 17.5. The Morgan fingerprint density at radius 1 is 1.26 bits per heavy atom. The molecule has 3 aromatic rings. The summed E-state index contributed by atoms with van der Waals surface area (Å²) in [4.78, 5) is 29.9. The molecule has 0 unspecified atom stereocenters. The number of fused-ring (bicyclic) bond motifs is 1. The van der Waals surface area contributed by atoms with Crippen molar-refractivity contribution in [3.05, 3.63) is 63.1 Å². The molecule has 1 aliphatic heterocycles. The molecule has 1 aromatic carbocycles. The zero-order chi connectivity index (χ0) is 19.1. The quantitative estimate of drug-likeness (QED) is 0.487. The molecule has 3 heterocycles. The fourth-order valence-corrected chi connectivity index (χ4v) is 3.40. The van der Waals surface area contributed by atoms with E-state index in [4.69, 9.17) is 10.6 Å². The van der Waals surface area contributed by atoms with Gasteiger partial charge in [0.25, 0.3) is 5.56 Å². The van der Waals surface area contributed by atoms with Gasteiger partial charge in [-0.1, -0.05) is 30.3 Å². The molecule has 0 amide bonds. The minimum atomic E-state index is -1.05. The third kappa shape index (κ3) is 2.83. The van der Waals surface area contributed by atoms with Gasteiger partial charge in [0.05, 0.1) is 19.3 Å². The highest BCUT2D eigenvalue weighted by molar-refractivity contribution is 5.70. The topological polar surface area (TPSA) is 138 Å². The van der Waals surface area contributed by atoms with Gasteiger partial charge in [0, 0.05) is 6.42 Å². The van der Waals surface area contributed by atoms with Gasteiger partial charge in [0.1, 0.15) is 12.4 Å². The summed E-state index contributed by atoms with van der Waals surface area (Å²) >= 11 is 0. The lowest BCUT2D eigenvalue weighted by molar-refractivity contribution is -0.0505. The molecule has 4 rings (SSSR count). The van der Waals surface area contributed by atoms with Crippen LogP contribution in [0.4, 0.5) is 0 Å². The summed E-state index contributed by atoms with van der Waals surface area (Å²) in [6.07, 6.45) is -1.38. The maximum absolute atomic E-state index is 13.1. The molecular weight excluding hydrogens is 354 g/mol. The molecule has 10 heteroatoms. The van der Waals surface area contributed by atoms with Crippen LogP contribution in [-0.2, 0) is 11.3 Å². The first-order valence-corrected chi connectivity index (χ1v) is 8.47. The number of nitrogen functional groups attached to an aromatic ring is 1. The molecule has 4 N–H and O–H groups in total. The summed E-state index contributed by atoms with van der Waals surface area (Å²) in [5, 5.41) is 19.6. The first-order valence-electron chi connectivity index (χ1n) is 8.47. The van der Waals surface area contributed by atoms with E-state index in [2.05, 4.69) is 4.98 Å². The molecule has 27 heavy (non-hydrogen) atoms. The van der Waals surface area contributed by atoms with Crippen LogP contribution in [0.25, 0.3) is 11.2 Å². The van der Waals surface area contributed by atoms with E-state index in [9.17, 15) is 19.8 Å². The number of benzene rings is 1. The Bertz CT molecular complexity index is 1090. The van der Waals surface area contributed by atoms with Crippen molar-refractivity contribution in [2.45, 2.75) is 31.4 Å². The summed E-state index contributed by atoms with van der Waals surface area (Å²) in [7, 11) is 0. The molecule has 142 valence electrons. The van der Waals surface area contributed by atoms with Gasteiger partial charge < -0.3 is 20.8 Å². The van der Waals surface area contributed by atoms with Crippen molar-refractivity contribution < 1.29 is 14.9 Å². The highest BCUT2D eigenvalue weighted by atomic mass is 16.5. The number of nitrogens with two attached hydrogens (primary N) is 1. The number of imidazole rings is 1. The van der Waals surface area contributed by atoms with Crippen LogP contribution >= 0.6 is 0 Å².